The Bertz CT molecular complexity index is 172. The van der Waals surface area contributed by atoms with E-state index >= 15 is 0 Å². The largest absolute Gasteiger partial charge is 0.354 e. The zero-order valence-corrected chi connectivity index (χ0v) is 11.9. The van der Waals surface area contributed by atoms with Crippen molar-refractivity contribution in [2.45, 2.75) is 24.6 Å². The Kier molecular flexibility index (Phi) is 13.0. The fraction of sp³-hybridized carbons (Fsp3) is 0.889. The standard InChI is InChI=1S/C9H20N2OS2.ClH/c1-7(14-3)6-11-9(12)8(10)4-5-13-2;/h7-8H,4-6,10H2,1-3H3,(H,11,12);1H. The normalized spacial score (nSPS) is 13.9. The van der Waals surface area contributed by atoms with E-state index in [9.17, 15) is 4.79 Å². The minimum atomic E-state index is -0.350. The van der Waals surface area contributed by atoms with Gasteiger partial charge in [-0.1, -0.05) is 6.92 Å². The first kappa shape index (κ1) is 17.8. The first-order chi connectivity index (χ1) is 6.61. The van der Waals surface area contributed by atoms with Crippen LogP contribution in [0, 0.1) is 0 Å². The summed E-state index contributed by atoms with van der Waals surface area (Å²) < 4.78 is 0. The second kappa shape index (κ2) is 10.9. The van der Waals surface area contributed by atoms with Crippen LogP contribution in [0.2, 0.25) is 0 Å². The zero-order chi connectivity index (χ0) is 11.0. The van der Waals surface area contributed by atoms with Crippen molar-refractivity contribution in [2.24, 2.45) is 5.73 Å². The summed E-state index contributed by atoms with van der Waals surface area (Å²) in [5.41, 5.74) is 5.70. The molecule has 0 fully saturated rings. The van der Waals surface area contributed by atoms with Crippen LogP contribution < -0.4 is 11.1 Å². The summed E-state index contributed by atoms with van der Waals surface area (Å²) in [4.78, 5) is 11.4. The summed E-state index contributed by atoms with van der Waals surface area (Å²) >= 11 is 3.45. The molecule has 92 valence electrons. The van der Waals surface area contributed by atoms with E-state index in [0.717, 1.165) is 12.2 Å². The predicted octanol–water partition coefficient (Wildman–Crippen LogP) is 1.36. The number of rotatable bonds is 7. The van der Waals surface area contributed by atoms with Crippen LogP contribution in [0.4, 0.5) is 0 Å². The summed E-state index contributed by atoms with van der Waals surface area (Å²) in [5.74, 6) is 0.909. The SMILES string of the molecule is CSCCC(N)C(=O)NCC(C)SC.Cl. The number of thioether (sulfide) groups is 2. The topological polar surface area (TPSA) is 55.1 Å². The molecule has 3 nitrogen and oxygen atoms in total. The summed E-state index contributed by atoms with van der Waals surface area (Å²) in [7, 11) is 0. The molecule has 0 heterocycles. The van der Waals surface area contributed by atoms with Crippen LogP contribution in [0.5, 0.6) is 0 Å². The highest BCUT2D eigenvalue weighted by molar-refractivity contribution is 7.99. The van der Waals surface area contributed by atoms with Crippen LogP contribution in [0.1, 0.15) is 13.3 Å². The Labute approximate surface area is 107 Å². The predicted molar refractivity (Wildman–Crippen MR) is 74.2 cm³/mol. The molecule has 3 N–H and O–H groups in total. The van der Waals surface area contributed by atoms with Gasteiger partial charge in [-0.25, -0.2) is 0 Å². The number of hydrogen-bond acceptors (Lipinski definition) is 4. The minimum Gasteiger partial charge on any atom is -0.354 e. The molecule has 0 aliphatic carbocycles. The fourth-order valence-electron chi connectivity index (χ4n) is 0.835. The van der Waals surface area contributed by atoms with E-state index in [2.05, 4.69) is 12.2 Å². The maximum absolute atomic E-state index is 11.4. The average molecular weight is 273 g/mol. The van der Waals surface area contributed by atoms with Crippen LogP contribution in [-0.4, -0.2) is 42.0 Å². The molecule has 6 heteroatoms. The number of amides is 1. The smallest absolute Gasteiger partial charge is 0.236 e. The molecular formula is C9H21ClN2OS2. The van der Waals surface area contributed by atoms with E-state index in [1.807, 2.05) is 12.5 Å². The number of carbonyl (C=O) groups is 1. The molecule has 0 bridgehead atoms. The van der Waals surface area contributed by atoms with Crippen molar-refractivity contribution in [1.29, 1.82) is 0 Å². The molecule has 0 radical (unpaired) electrons. The molecular weight excluding hydrogens is 252 g/mol. The maximum Gasteiger partial charge on any atom is 0.236 e. The van der Waals surface area contributed by atoms with Gasteiger partial charge in [0.05, 0.1) is 6.04 Å². The molecule has 15 heavy (non-hydrogen) atoms. The number of nitrogens with one attached hydrogen (secondary N) is 1. The van der Waals surface area contributed by atoms with Crippen LogP contribution in [-0.2, 0) is 4.79 Å². The molecule has 0 aromatic carbocycles. The van der Waals surface area contributed by atoms with Crippen molar-refractivity contribution in [2.75, 3.05) is 24.8 Å². The lowest BCUT2D eigenvalue weighted by atomic mass is 10.2. The van der Waals surface area contributed by atoms with Crippen molar-refractivity contribution in [3.63, 3.8) is 0 Å². The Hall–Kier alpha value is 0.420. The van der Waals surface area contributed by atoms with E-state index in [1.165, 1.54) is 0 Å². The fourth-order valence-corrected chi connectivity index (χ4v) is 1.57. The van der Waals surface area contributed by atoms with Gasteiger partial charge in [0.2, 0.25) is 5.91 Å². The lowest BCUT2D eigenvalue weighted by molar-refractivity contribution is -0.122. The third-order valence-corrected chi connectivity index (χ3v) is 3.55. The van der Waals surface area contributed by atoms with Crippen molar-refractivity contribution in [3.8, 4) is 0 Å². The summed E-state index contributed by atoms with van der Waals surface area (Å²) in [6, 6.07) is -0.350. The van der Waals surface area contributed by atoms with Crippen LogP contribution in [0.25, 0.3) is 0 Å². The first-order valence-electron chi connectivity index (χ1n) is 4.66. The second-order valence-corrected chi connectivity index (χ2v) is 5.44. The average Bonchev–Trinajstić information content (AvgIpc) is 2.21. The second-order valence-electron chi connectivity index (χ2n) is 3.18. The molecule has 0 saturated carbocycles. The van der Waals surface area contributed by atoms with Gasteiger partial charge in [0, 0.05) is 11.8 Å². The molecule has 0 saturated heterocycles. The Balaban J connectivity index is 0. The van der Waals surface area contributed by atoms with E-state index in [-0.39, 0.29) is 24.4 Å². The Morgan fingerprint density at radius 1 is 1.47 bits per heavy atom. The molecule has 0 spiro atoms. The molecule has 1 amide bonds. The number of hydrogen-bond donors (Lipinski definition) is 2. The molecule has 0 aliphatic rings. The third-order valence-electron chi connectivity index (χ3n) is 1.94. The van der Waals surface area contributed by atoms with Gasteiger partial charge in [0.25, 0.3) is 0 Å². The van der Waals surface area contributed by atoms with Gasteiger partial charge in [-0.05, 0) is 24.7 Å². The van der Waals surface area contributed by atoms with Gasteiger partial charge < -0.3 is 11.1 Å². The molecule has 0 rings (SSSR count). The van der Waals surface area contributed by atoms with Gasteiger partial charge in [0.15, 0.2) is 0 Å². The van der Waals surface area contributed by atoms with E-state index in [1.54, 1.807) is 23.5 Å². The van der Waals surface area contributed by atoms with Crippen molar-refractivity contribution < 1.29 is 4.79 Å². The maximum atomic E-state index is 11.4. The highest BCUT2D eigenvalue weighted by atomic mass is 35.5. The lowest BCUT2D eigenvalue weighted by Crippen LogP contribution is -2.42. The van der Waals surface area contributed by atoms with Crippen LogP contribution >= 0.6 is 35.9 Å². The Morgan fingerprint density at radius 2 is 2.07 bits per heavy atom. The van der Waals surface area contributed by atoms with Gasteiger partial charge in [-0.15, -0.1) is 12.4 Å². The van der Waals surface area contributed by atoms with E-state index < -0.39 is 0 Å². The van der Waals surface area contributed by atoms with E-state index in [4.69, 9.17) is 5.73 Å². The van der Waals surface area contributed by atoms with Crippen molar-refractivity contribution in [1.82, 2.24) is 5.32 Å². The van der Waals surface area contributed by atoms with Gasteiger partial charge in [0.1, 0.15) is 0 Å². The van der Waals surface area contributed by atoms with Crippen LogP contribution in [0.15, 0.2) is 0 Å². The van der Waals surface area contributed by atoms with Crippen molar-refractivity contribution >= 4 is 41.8 Å². The molecule has 0 aliphatic heterocycles. The highest BCUT2D eigenvalue weighted by Crippen LogP contribution is 2.03. The molecule has 0 aromatic heterocycles. The minimum absolute atomic E-state index is 0. The number of nitrogens with two attached hydrogens (primary N) is 1. The van der Waals surface area contributed by atoms with Gasteiger partial charge >= 0.3 is 0 Å². The van der Waals surface area contributed by atoms with Crippen molar-refractivity contribution in [3.05, 3.63) is 0 Å². The Morgan fingerprint density at radius 3 is 2.53 bits per heavy atom. The number of carbonyl (C=O) groups excluding carboxylic acids is 1. The third kappa shape index (κ3) is 9.35. The quantitative estimate of drug-likeness (QED) is 0.735. The van der Waals surface area contributed by atoms with E-state index in [0.29, 0.717) is 11.8 Å². The zero-order valence-electron chi connectivity index (χ0n) is 9.49. The molecule has 2 atom stereocenters. The summed E-state index contributed by atoms with van der Waals surface area (Å²) in [6.07, 6.45) is 4.80. The van der Waals surface area contributed by atoms with Gasteiger partial charge in [-0.2, -0.15) is 23.5 Å². The van der Waals surface area contributed by atoms with Crippen LogP contribution in [0.3, 0.4) is 0 Å². The molecule has 2 unspecified atom stereocenters. The first-order valence-corrected chi connectivity index (χ1v) is 7.35. The summed E-state index contributed by atoms with van der Waals surface area (Å²) in [5, 5.41) is 3.30. The highest BCUT2D eigenvalue weighted by Gasteiger charge is 2.12. The monoisotopic (exact) mass is 272 g/mol. The number of halogens is 1. The lowest BCUT2D eigenvalue weighted by Gasteiger charge is -2.13. The summed E-state index contributed by atoms with van der Waals surface area (Å²) in [6.45, 7) is 2.78. The van der Waals surface area contributed by atoms with Gasteiger partial charge in [-0.3, -0.25) is 4.79 Å². The molecule has 0 aromatic rings.